The number of hydrogen-bond acceptors (Lipinski definition) is 3. The molecule has 0 aliphatic rings. The standard InChI is InChI=1S/C6H5FN2O2/c7-5-4(6(10)11)1-3(8)2-9-5/h1-2H,8H2,(H,10,11). The molecule has 1 heterocycles. The highest BCUT2D eigenvalue weighted by atomic mass is 19.1. The third-order valence-electron chi connectivity index (χ3n) is 1.09. The maximum absolute atomic E-state index is 12.5. The number of carboxylic acid groups (broad SMARTS) is 1. The molecule has 1 aromatic heterocycles. The Kier molecular flexibility index (Phi) is 1.72. The molecular formula is C6H5FN2O2. The van der Waals surface area contributed by atoms with Crippen LogP contribution in [0.25, 0.3) is 0 Å². The quantitative estimate of drug-likeness (QED) is 0.580. The number of carboxylic acids is 1. The normalized spacial score (nSPS) is 9.55. The summed E-state index contributed by atoms with van der Waals surface area (Å²) in [5.41, 5.74) is 4.79. The van der Waals surface area contributed by atoms with Gasteiger partial charge in [-0.3, -0.25) is 0 Å². The van der Waals surface area contributed by atoms with E-state index in [1.807, 2.05) is 0 Å². The van der Waals surface area contributed by atoms with Gasteiger partial charge < -0.3 is 10.8 Å². The number of pyridine rings is 1. The monoisotopic (exact) mass is 156 g/mol. The number of nitrogens with two attached hydrogens (primary N) is 1. The highest BCUT2D eigenvalue weighted by molar-refractivity contribution is 5.88. The van der Waals surface area contributed by atoms with Gasteiger partial charge in [-0.15, -0.1) is 0 Å². The molecule has 0 fully saturated rings. The summed E-state index contributed by atoms with van der Waals surface area (Å²) in [4.78, 5) is 13.4. The van der Waals surface area contributed by atoms with E-state index in [4.69, 9.17) is 10.8 Å². The molecule has 0 unspecified atom stereocenters. The summed E-state index contributed by atoms with van der Waals surface area (Å²) in [5.74, 6) is -2.39. The molecule has 0 radical (unpaired) electrons. The van der Waals surface area contributed by atoms with Crippen LogP contribution in [0.15, 0.2) is 12.3 Å². The van der Waals surface area contributed by atoms with E-state index in [1.54, 1.807) is 0 Å². The Morgan fingerprint density at radius 3 is 2.82 bits per heavy atom. The molecule has 0 aliphatic carbocycles. The van der Waals surface area contributed by atoms with Crippen molar-refractivity contribution < 1.29 is 14.3 Å². The van der Waals surface area contributed by atoms with Crippen molar-refractivity contribution in [2.24, 2.45) is 0 Å². The van der Waals surface area contributed by atoms with Crippen molar-refractivity contribution >= 4 is 11.7 Å². The van der Waals surface area contributed by atoms with Gasteiger partial charge in [-0.1, -0.05) is 0 Å². The summed E-state index contributed by atoms with van der Waals surface area (Å²) in [6.45, 7) is 0. The van der Waals surface area contributed by atoms with E-state index in [0.717, 1.165) is 12.3 Å². The maximum Gasteiger partial charge on any atom is 0.340 e. The average Bonchev–Trinajstić information content (AvgIpc) is 1.94. The summed E-state index contributed by atoms with van der Waals surface area (Å²) in [5, 5.41) is 8.35. The first kappa shape index (κ1) is 7.46. The van der Waals surface area contributed by atoms with Crippen LogP contribution in [0.4, 0.5) is 10.1 Å². The van der Waals surface area contributed by atoms with E-state index in [-0.39, 0.29) is 5.69 Å². The lowest BCUT2D eigenvalue weighted by Crippen LogP contribution is -2.03. The summed E-state index contributed by atoms with van der Waals surface area (Å²) in [6.07, 6.45) is 1.06. The smallest absolute Gasteiger partial charge is 0.340 e. The lowest BCUT2D eigenvalue weighted by atomic mass is 10.2. The number of carbonyl (C=O) groups is 1. The molecule has 0 aromatic carbocycles. The zero-order valence-corrected chi connectivity index (χ0v) is 5.41. The first-order chi connectivity index (χ1) is 5.11. The number of nitrogens with zero attached hydrogens (tertiary/aromatic N) is 1. The molecule has 0 saturated heterocycles. The van der Waals surface area contributed by atoms with Crippen LogP contribution >= 0.6 is 0 Å². The van der Waals surface area contributed by atoms with E-state index >= 15 is 0 Å². The van der Waals surface area contributed by atoms with Crippen LogP contribution in [0.5, 0.6) is 0 Å². The Morgan fingerprint density at radius 2 is 2.36 bits per heavy atom. The van der Waals surface area contributed by atoms with Gasteiger partial charge in [0, 0.05) is 0 Å². The SMILES string of the molecule is Nc1cnc(F)c(C(=O)O)c1. The molecule has 0 aliphatic heterocycles. The number of halogens is 1. The molecule has 5 heteroatoms. The lowest BCUT2D eigenvalue weighted by Gasteiger charge is -1.96. The van der Waals surface area contributed by atoms with Crippen molar-refractivity contribution in [3.8, 4) is 0 Å². The Balaban J connectivity index is 3.23. The molecule has 0 bridgehead atoms. The second-order valence-corrected chi connectivity index (χ2v) is 1.91. The Hall–Kier alpha value is -1.65. The van der Waals surface area contributed by atoms with E-state index in [1.165, 1.54) is 0 Å². The molecule has 0 spiro atoms. The second-order valence-electron chi connectivity index (χ2n) is 1.91. The van der Waals surface area contributed by atoms with Gasteiger partial charge in [0.2, 0.25) is 5.95 Å². The number of hydrogen-bond donors (Lipinski definition) is 2. The average molecular weight is 156 g/mol. The van der Waals surface area contributed by atoms with Crippen molar-refractivity contribution in [2.75, 3.05) is 5.73 Å². The third-order valence-corrected chi connectivity index (χ3v) is 1.09. The van der Waals surface area contributed by atoms with E-state index in [2.05, 4.69) is 4.98 Å². The fourth-order valence-electron chi connectivity index (χ4n) is 0.614. The number of aromatic nitrogens is 1. The highest BCUT2D eigenvalue weighted by Crippen LogP contribution is 2.07. The Morgan fingerprint density at radius 1 is 1.73 bits per heavy atom. The van der Waals surface area contributed by atoms with Gasteiger partial charge in [0.1, 0.15) is 5.56 Å². The summed E-state index contributed by atoms with van der Waals surface area (Å²) in [7, 11) is 0. The van der Waals surface area contributed by atoms with Gasteiger partial charge in [0.15, 0.2) is 0 Å². The van der Waals surface area contributed by atoms with Crippen molar-refractivity contribution in [1.29, 1.82) is 0 Å². The van der Waals surface area contributed by atoms with E-state index in [0.29, 0.717) is 0 Å². The minimum atomic E-state index is -1.37. The number of rotatable bonds is 1. The minimum Gasteiger partial charge on any atom is -0.478 e. The molecule has 0 atom stereocenters. The zero-order valence-electron chi connectivity index (χ0n) is 5.41. The molecule has 3 N–H and O–H groups in total. The molecule has 1 rings (SSSR count). The molecule has 0 saturated carbocycles. The molecular weight excluding hydrogens is 151 g/mol. The fraction of sp³-hybridized carbons (Fsp3) is 0. The topological polar surface area (TPSA) is 76.2 Å². The van der Waals surface area contributed by atoms with Gasteiger partial charge in [0.25, 0.3) is 0 Å². The second kappa shape index (κ2) is 2.53. The third kappa shape index (κ3) is 1.43. The summed E-state index contributed by atoms with van der Waals surface area (Å²) >= 11 is 0. The van der Waals surface area contributed by atoms with Crippen LogP contribution in [0.2, 0.25) is 0 Å². The molecule has 4 nitrogen and oxygen atoms in total. The lowest BCUT2D eigenvalue weighted by molar-refractivity contribution is 0.0691. The van der Waals surface area contributed by atoms with E-state index in [9.17, 15) is 9.18 Å². The van der Waals surface area contributed by atoms with Crippen LogP contribution in [0.3, 0.4) is 0 Å². The first-order valence-corrected chi connectivity index (χ1v) is 2.75. The molecule has 11 heavy (non-hydrogen) atoms. The van der Waals surface area contributed by atoms with Gasteiger partial charge in [-0.2, -0.15) is 4.39 Å². The summed E-state index contributed by atoms with van der Waals surface area (Å²) < 4.78 is 12.5. The zero-order chi connectivity index (χ0) is 8.43. The predicted molar refractivity (Wildman–Crippen MR) is 35.6 cm³/mol. The van der Waals surface area contributed by atoms with Crippen LogP contribution in [-0.4, -0.2) is 16.1 Å². The van der Waals surface area contributed by atoms with Crippen molar-refractivity contribution in [3.05, 3.63) is 23.8 Å². The van der Waals surface area contributed by atoms with Crippen LogP contribution in [0.1, 0.15) is 10.4 Å². The number of aromatic carboxylic acids is 1. The van der Waals surface area contributed by atoms with Crippen molar-refractivity contribution in [1.82, 2.24) is 4.98 Å². The largest absolute Gasteiger partial charge is 0.478 e. The minimum absolute atomic E-state index is 0.129. The van der Waals surface area contributed by atoms with Crippen molar-refractivity contribution in [2.45, 2.75) is 0 Å². The van der Waals surface area contributed by atoms with E-state index < -0.39 is 17.5 Å². The predicted octanol–water partition coefficient (Wildman–Crippen LogP) is 0.501. The van der Waals surface area contributed by atoms with Gasteiger partial charge in [0.05, 0.1) is 11.9 Å². The molecule has 58 valence electrons. The fourth-order valence-corrected chi connectivity index (χ4v) is 0.614. The van der Waals surface area contributed by atoms with Crippen LogP contribution in [-0.2, 0) is 0 Å². The Labute approximate surface area is 61.5 Å². The molecule has 1 aromatic rings. The first-order valence-electron chi connectivity index (χ1n) is 2.75. The Bertz CT molecular complexity index is 301. The van der Waals surface area contributed by atoms with Crippen LogP contribution < -0.4 is 5.73 Å². The van der Waals surface area contributed by atoms with Gasteiger partial charge >= 0.3 is 5.97 Å². The van der Waals surface area contributed by atoms with Crippen LogP contribution in [0, 0.1) is 5.95 Å². The number of anilines is 1. The molecule has 0 amide bonds. The van der Waals surface area contributed by atoms with Crippen molar-refractivity contribution in [3.63, 3.8) is 0 Å². The van der Waals surface area contributed by atoms with Gasteiger partial charge in [-0.25, -0.2) is 9.78 Å². The highest BCUT2D eigenvalue weighted by Gasteiger charge is 2.10. The number of nitrogen functional groups attached to an aromatic ring is 1. The maximum atomic E-state index is 12.5. The van der Waals surface area contributed by atoms with Gasteiger partial charge in [-0.05, 0) is 6.07 Å². The summed E-state index contributed by atoms with van der Waals surface area (Å²) in [6, 6.07) is 1.02.